The summed E-state index contributed by atoms with van der Waals surface area (Å²) in [7, 11) is 0. The third-order valence-electron chi connectivity index (χ3n) is 14.5. The molecule has 6 heteroatoms. The van der Waals surface area contributed by atoms with Gasteiger partial charge in [-0.15, -0.1) is 0 Å². The number of allylic oxidation sites excluding steroid dienone is 20. The quantitative estimate of drug-likeness (QED) is 0.0261. The molecule has 6 nitrogen and oxygen atoms in total. The summed E-state index contributed by atoms with van der Waals surface area (Å²) >= 11 is 0. The second kappa shape index (κ2) is 68.3. The van der Waals surface area contributed by atoms with Crippen LogP contribution in [0.25, 0.3) is 0 Å². The van der Waals surface area contributed by atoms with Crippen molar-refractivity contribution < 1.29 is 28.6 Å². The molecule has 0 bridgehead atoms. The molecule has 0 heterocycles. The smallest absolute Gasteiger partial charge is 0.306 e. The highest BCUT2D eigenvalue weighted by Gasteiger charge is 2.19. The molecule has 1 unspecified atom stereocenters. The minimum atomic E-state index is -0.795. The molecule has 0 aromatic heterocycles. The van der Waals surface area contributed by atoms with Gasteiger partial charge in [0.15, 0.2) is 6.10 Å². The number of rotatable bonds is 61. The summed E-state index contributed by atoms with van der Waals surface area (Å²) in [5, 5.41) is 0. The molecule has 1 atom stereocenters. The second-order valence-corrected chi connectivity index (χ2v) is 22.4. The van der Waals surface area contributed by atoms with E-state index >= 15 is 0 Å². The van der Waals surface area contributed by atoms with Gasteiger partial charge in [-0.2, -0.15) is 0 Å². The number of esters is 3. The maximum absolute atomic E-state index is 12.9. The number of unbranched alkanes of at least 4 members (excludes halogenated alkanes) is 30. The van der Waals surface area contributed by atoms with Crippen molar-refractivity contribution in [2.24, 2.45) is 0 Å². The summed E-state index contributed by atoms with van der Waals surface area (Å²) in [5.41, 5.74) is 0. The molecule has 0 fully saturated rings. The summed E-state index contributed by atoms with van der Waals surface area (Å²) in [4.78, 5) is 38.3. The van der Waals surface area contributed by atoms with Crippen LogP contribution in [0, 0.1) is 0 Å². The number of hydrogen-bond acceptors (Lipinski definition) is 6. The maximum Gasteiger partial charge on any atom is 0.306 e. The van der Waals surface area contributed by atoms with Gasteiger partial charge in [-0.3, -0.25) is 14.4 Å². The van der Waals surface area contributed by atoms with Crippen molar-refractivity contribution in [1.82, 2.24) is 0 Å². The van der Waals surface area contributed by atoms with Gasteiger partial charge in [0.05, 0.1) is 0 Å². The molecule has 0 saturated heterocycles. The first-order chi connectivity index (χ1) is 40.0. The van der Waals surface area contributed by atoms with E-state index in [0.717, 1.165) is 122 Å². The Morgan fingerprint density at radius 3 is 0.753 bits per heavy atom. The molecule has 0 aliphatic carbocycles. The van der Waals surface area contributed by atoms with Gasteiger partial charge in [-0.25, -0.2) is 0 Å². The van der Waals surface area contributed by atoms with Gasteiger partial charge in [0, 0.05) is 19.3 Å². The van der Waals surface area contributed by atoms with E-state index in [1.807, 2.05) is 0 Å². The molecular weight excluding hydrogens is 997 g/mol. The fourth-order valence-corrected chi connectivity index (χ4v) is 9.41. The van der Waals surface area contributed by atoms with E-state index in [2.05, 4.69) is 142 Å². The van der Waals surface area contributed by atoms with Crippen LogP contribution in [0.5, 0.6) is 0 Å². The predicted molar refractivity (Wildman–Crippen MR) is 353 cm³/mol. The van der Waals surface area contributed by atoms with Crippen molar-refractivity contribution in [3.05, 3.63) is 122 Å². The van der Waals surface area contributed by atoms with Crippen LogP contribution in [-0.2, 0) is 28.6 Å². The van der Waals surface area contributed by atoms with Crippen LogP contribution in [0.15, 0.2) is 122 Å². The lowest BCUT2D eigenvalue weighted by Crippen LogP contribution is -2.30. The Morgan fingerprint density at radius 1 is 0.259 bits per heavy atom. The SMILES string of the molecule is CC/C=C\C/C=C\C/C=C\C/C=C\C/C=C\C/C=C\C/C=C\C/C=C\C/C=C\C/C=C\CCCCC(=O)OCC(COC(=O)CCCCCCCCCCCCC)OC(=O)CCCCCCCCCCCCCCCCCCCCC. The summed E-state index contributed by atoms with van der Waals surface area (Å²) in [5.74, 6) is -0.925. The van der Waals surface area contributed by atoms with Crippen LogP contribution < -0.4 is 0 Å². The highest BCUT2D eigenvalue weighted by atomic mass is 16.6. The van der Waals surface area contributed by atoms with Crippen LogP contribution in [0.2, 0.25) is 0 Å². The Hall–Kier alpha value is -4.19. The lowest BCUT2D eigenvalue weighted by molar-refractivity contribution is -0.167. The fourth-order valence-electron chi connectivity index (χ4n) is 9.41. The molecular formula is C75H126O6. The zero-order chi connectivity index (χ0) is 58.5. The third kappa shape index (κ3) is 66.5. The van der Waals surface area contributed by atoms with Crippen molar-refractivity contribution in [1.29, 1.82) is 0 Å². The van der Waals surface area contributed by atoms with E-state index < -0.39 is 6.10 Å². The van der Waals surface area contributed by atoms with E-state index in [4.69, 9.17) is 14.2 Å². The Labute approximate surface area is 501 Å². The monoisotopic (exact) mass is 1120 g/mol. The van der Waals surface area contributed by atoms with Crippen LogP contribution >= 0.6 is 0 Å². The maximum atomic E-state index is 12.9. The first-order valence-electron chi connectivity index (χ1n) is 34.0. The highest BCUT2D eigenvalue weighted by molar-refractivity contribution is 5.71. The average Bonchev–Trinajstić information content (AvgIpc) is 3.47. The van der Waals surface area contributed by atoms with Gasteiger partial charge >= 0.3 is 17.9 Å². The van der Waals surface area contributed by atoms with Crippen molar-refractivity contribution >= 4 is 17.9 Å². The molecule has 0 aromatic rings. The Kier molecular flexibility index (Phi) is 64.8. The molecule has 0 radical (unpaired) electrons. The number of carbonyl (C=O) groups is 3. The molecule has 0 saturated carbocycles. The molecule has 462 valence electrons. The zero-order valence-corrected chi connectivity index (χ0v) is 53.0. The second-order valence-electron chi connectivity index (χ2n) is 22.4. The molecule has 81 heavy (non-hydrogen) atoms. The summed E-state index contributed by atoms with van der Waals surface area (Å²) in [6.07, 6.45) is 95.1. The largest absolute Gasteiger partial charge is 0.462 e. The van der Waals surface area contributed by atoms with E-state index in [0.29, 0.717) is 19.3 Å². The Morgan fingerprint density at radius 2 is 0.481 bits per heavy atom. The molecule has 0 N–H and O–H groups in total. The summed E-state index contributed by atoms with van der Waals surface area (Å²) in [6, 6.07) is 0. The van der Waals surface area contributed by atoms with Crippen LogP contribution in [0.4, 0.5) is 0 Å². The number of ether oxygens (including phenoxy) is 3. The standard InChI is InChI=1S/C75H126O6/c1-4-7-10-13-16-19-22-24-26-28-30-31-32-33-34-35-36-37-38-39-40-41-42-43-45-46-48-50-53-56-59-62-65-68-74(77)80-71-72(70-79-73(76)67-64-61-58-55-52-21-18-15-12-9-6-3)81-75(78)69-66-63-60-57-54-51-49-47-44-29-27-25-23-20-17-14-11-8-5-2/h7,10,16,19,24,26,30-31,33-34,36-37,39-40,42-43,46,48,53,56,72H,4-6,8-9,11-15,17-18,20-23,25,27-29,32,35,38,41,44-45,47,49-52,54-55,57-71H2,1-3H3/b10-7-,19-16-,26-24-,31-30-,34-33-,37-36-,40-39-,43-42-,48-46-,56-53-. The minimum Gasteiger partial charge on any atom is -0.462 e. The average molecular weight is 1120 g/mol. The number of carbonyl (C=O) groups excluding carboxylic acids is 3. The lowest BCUT2D eigenvalue weighted by atomic mass is 10.0. The van der Waals surface area contributed by atoms with E-state index in [-0.39, 0.29) is 31.1 Å². The molecule has 0 amide bonds. The van der Waals surface area contributed by atoms with Gasteiger partial charge in [0.25, 0.3) is 0 Å². The Bertz CT molecular complexity index is 1670. The minimum absolute atomic E-state index is 0.0890. The molecule has 0 spiro atoms. The Balaban J connectivity index is 4.33. The van der Waals surface area contributed by atoms with Crippen molar-refractivity contribution in [3.8, 4) is 0 Å². The first kappa shape index (κ1) is 76.8. The fraction of sp³-hybridized carbons (Fsp3) is 0.693. The zero-order valence-electron chi connectivity index (χ0n) is 53.0. The topological polar surface area (TPSA) is 78.9 Å². The van der Waals surface area contributed by atoms with Crippen molar-refractivity contribution in [3.63, 3.8) is 0 Å². The van der Waals surface area contributed by atoms with Gasteiger partial charge in [-0.1, -0.05) is 322 Å². The van der Waals surface area contributed by atoms with E-state index in [1.54, 1.807) is 0 Å². The summed E-state index contributed by atoms with van der Waals surface area (Å²) in [6.45, 7) is 6.51. The molecule has 0 aliphatic heterocycles. The van der Waals surface area contributed by atoms with Gasteiger partial charge < -0.3 is 14.2 Å². The predicted octanol–water partition coefficient (Wildman–Crippen LogP) is 23.6. The molecule has 0 rings (SSSR count). The van der Waals surface area contributed by atoms with Gasteiger partial charge in [0.1, 0.15) is 13.2 Å². The van der Waals surface area contributed by atoms with E-state index in [1.165, 1.54) is 154 Å². The normalized spacial score (nSPS) is 12.9. The third-order valence-corrected chi connectivity index (χ3v) is 14.5. The highest BCUT2D eigenvalue weighted by Crippen LogP contribution is 2.17. The lowest BCUT2D eigenvalue weighted by Gasteiger charge is -2.18. The van der Waals surface area contributed by atoms with Crippen LogP contribution in [-0.4, -0.2) is 37.2 Å². The van der Waals surface area contributed by atoms with E-state index in [9.17, 15) is 14.4 Å². The first-order valence-corrected chi connectivity index (χ1v) is 34.0. The van der Waals surface area contributed by atoms with Crippen LogP contribution in [0.3, 0.4) is 0 Å². The van der Waals surface area contributed by atoms with Crippen molar-refractivity contribution in [2.75, 3.05) is 13.2 Å². The molecule has 0 aromatic carbocycles. The van der Waals surface area contributed by atoms with Gasteiger partial charge in [-0.05, 0) is 96.3 Å². The van der Waals surface area contributed by atoms with Gasteiger partial charge in [0.2, 0.25) is 0 Å². The number of hydrogen-bond donors (Lipinski definition) is 0. The molecule has 0 aliphatic rings. The van der Waals surface area contributed by atoms with Crippen LogP contribution in [0.1, 0.15) is 316 Å². The summed E-state index contributed by atoms with van der Waals surface area (Å²) < 4.78 is 16.9. The van der Waals surface area contributed by atoms with Crippen molar-refractivity contribution in [2.45, 2.75) is 322 Å².